The van der Waals surface area contributed by atoms with Crippen LogP contribution in [0.5, 0.6) is 0 Å². The van der Waals surface area contributed by atoms with Crippen LogP contribution in [0, 0.1) is 0 Å². The molecule has 0 spiro atoms. The van der Waals surface area contributed by atoms with Gasteiger partial charge in [0.1, 0.15) is 0 Å². The average molecular weight is 343 g/mol. The summed E-state index contributed by atoms with van der Waals surface area (Å²) in [6.45, 7) is 3.30. The summed E-state index contributed by atoms with van der Waals surface area (Å²) >= 11 is 0. The second-order valence-corrected chi connectivity index (χ2v) is 6.39. The Morgan fingerprint density at radius 1 is 1.32 bits per heavy atom. The van der Waals surface area contributed by atoms with Gasteiger partial charge in [0.25, 0.3) is 0 Å². The number of benzene rings is 1. The van der Waals surface area contributed by atoms with E-state index < -0.39 is 0 Å². The zero-order valence-corrected chi connectivity index (χ0v) is 14.8. The van der Waals surface area contributed by atoms with Gasteiger partial charge in [-0.1, -0.05) is 30.3 Å². The van der Waals surface area contributed by atoms with Gasteiger partial charge < -0.3 is 14.5 Å². The summed E-state index contributed by atoms with van der Waals surface area (Å²) in [5.41, 5.74) is 1.08. The highest BCUT2D eigenvalue weighted by Gasteiger charge is 2.28. The van der Waals surface area contributed by atoms with E-state index in [2.05, 4.69) is 15.3 Å². The van der Waals surface area contributed by atoms with Crippen molar-refractivity contribution in [2.45, 2.75) is 12.6 Å². The first kappa shape index (κ1) is 17.4. The molecule has 1 aromatic heterocycles. The Balaban J connectivity index is 1.65. The number of anilines is 1. The number of carbonyl (C=O) groups is 1. The van der Waals surface area contributed by atoms with E-state index in [0.29, 0.717) is 25.6 Å². The number of aromatic nitrogens is 2. The lowest BCUT2D eigenvalue weighted by atomic mass is 10.1. The molecule has 2 heterocycles. The van der Waals surface area contributed by atoms with E-state index in [1.54, 1.807) is 0 Å². The molecule has 0 bridgehead atoms. The van der Waals surface area contributed by atoms with Gasteiger partial charge >= 0.3 is 6.03 Å². The molecular weight excluding hydrogens is 318 g/mol. The van der Waals surface area contributed by atoms with Crippen LogP contribution in [0.15, 0.2) is 42.6 Å². The standard InChI is InChI=1S/C18H25N5O2/c1-21(2)10-11-22-9-8-17(20-22)19-18(24)23-12-13-25-14-16(23)15-6-4-3-5-7-15/h3-9,16H,10-14H2,1-2H3,(H,19,20,24). The number of amides is 2. The van der Waals surface area contributed by atoms with Gasteiger partial charge in [0.05, 0.1) is 25.8 Å². The Hall–Kier alpha value is -2.38. The van der Waals surface area contributed by atoms with Gasteiger partial charge in [-0.25, -0.2) is 4.79 Å². The van der Waals surface area contributed by atoms with Gasteiger partial charge in [-0.05, 0) is 19.7 Å². The Labute approximate surface area is 148 Å². The van der Waals surface area contributed by atoms with Gasteiger partial charge in [0.2, 0.25) is 0 Å². The fourth-order valence-electron chi connectivity index (χ4n) is 2.83. The Bertz CT molecular complexity index is 686. The molecule has 1 aliphatic rings. The van der Waals surface area contributed by atoms with E-state index in [4.69, 9.17) is 4.74 Å². The predicted molar refractivity (Wildman–Crippen MR) is 96.5 cm³/mol. The highest BCUT2D eigenvalue weighted by atomic mass is 16.5. The maximum Gasteiger partial charge on any atom is 0.323 e. The van der Waals surface area contributed by atoms with E-state index in [1.807, 2.05) is 66.3 Å². The third-order valence-electron chi connectivity index (χ3n) is 4.23. The van der Waals surface area contributed by atoms with Crippen LogP contribution in [0.25, 0.3) is 0 Å². The number of hydrogen-bond acceptors (Lipinski definition) is 4. The predicted octanol–water partition coefficient (Wildman–Crippen LogP) is 2.05. The van der Waals surface area contributed by atoms with Crippen molar-refractivity contribution >= 4 is 11.8 Å². The molecule has 7 nitrogen and oxygen atoms in total. The Morgan fingerprint density at radius 3 is 2.88 bits per heavy atom. The van der Waals surface area contributed by atoms with Gasteiger partial charge in [-0.3, -0.25) is 10.00 Å². The van der Waals surface area contributed by atoms with Crippen molar-refractivity contribution in [2.24, 2.45) is 0 Å². The van der Waals surface area contributed by atoms with Crippen molar-refractivity contribution in [3.63, 3.8) is 0 Å². The minimum Gasteiger partial charge on any atom is -0.377 e. The highest BCUT2D eigenvalue weighted by Crippen LogP contribution is 2.24. The molecule has 0 aliphatic carbocycles. The largest absolute Gasteiger partial charge is 0.377 e. The highest BCUT2D eigenvalue weighted by molar-refractivity contribution is 5.88. The van der Waals surface area contributed by atoms with Crippen LogP contribution >= 0.6 is 0 Å². The first-order chi connectivity index (χ1) is 12.1. The fourth-order valence-corrected chi connectivity index (χ4v) is 2.83. The Kier molecular flexibility index (Phi) is 5.67. The number of hydrogen-bond donors (Lipinski definition) is 1. The molecular formula is C18H25N5O2. The van der Waals surface area contributed by atoms with E-state index >= 15 is 0 Å². The van der Waals surface area contributed by atoms with Crippen molar-refractivity contribution < 1.29 is 9.53 Å². The zero-order valence-electron chi connectivity index (χ0n) is 14.8. The molecule has 2 aromatic rings. The molecule has 1 saturated heterocycles. The molecule has 2 amide bonds. The van der Waals surface area contributed by atoms with Crippen molar-refractivity contribution in [1.82, 2.24) is 19.6 Å². The number of urea groups is 1. The van der Waals surface area contributed by atoms with Crippen LogP contribution in [-0.4, -0.2) is 66.0 Å². The molecule has 1 atom stereocenters. The van der Waals surface area contributed by atoms with E-state index in [1.165, 1.54) is 0 Å². The van der Waals surface area contributed by atoms with Gasteiger partial charge in [0.15, 0.2) is 5.82 Å². The molecule has 1 aliphatic heterocycles. The van der Waals surface area contributed by atoms with E-state index in [0.717, 1.165) is 18.7 Å². The van der Waals surface area contributed by atoms with Crippen molar-refractivity contribution in [2.75, 3.05) is 45.7 Å². The van der Waals surface area contributed by atoms with Crippen LogP contribution < -0.4 is 5.32 Å². The minimum atomic E-state index is -0.144. The molecule has 134 valence electrons. The first-order valence-corrected chi connectivity index (χ1v) is 8.52. The Morgan fingerprint density at radius 2 is 2.12 bits per heavy atom. The van der Waals surface area contributed by atoms with Crippen LogP contribution in [0.1, 0.15) is 11.6 Å². The fraction of sp³-hybridized carbons (Fsp3) is 0.444. The van der Waals surface area contributed by atoms with E-state index in [9.17, 15) is 4.79 Å². The molecule has 3 rings (SSSR count). The lowest BCUT2D eigenvalue weighted by Gasteiger charge is -2.35. The summed E-state index contributed by atoms with van der Waals surface area (Å²) in [6, 6.07) is 11.6. The third-order valence-corrected chi connectivity index (χ3v) is 4.23. The van der Waals surface area contributed by atoms with Gasteiger partial charge in [0, 0.05) is 25.4 Å². The molecule has 0 radical (unpaired) electrons. The summed E-state index contributed by atoms with van der Waals surface area (Å²) in [5, 5.41) is 7.32. The molecule has 25 heavy (non-hydrogen) atoms. The maximum absolute atomic E-state index is 12.7. The smallest absolute Gasteiger partial charge is 0.323 e. The molecule has 1 aromatic carbocycles. The summed E-state index contributed by atoms with van der Waals surface area (Å²) in [4.78, 5) is 16.6. The van der Waals surface area contributed by atoms with Crippen LogP contribution in [0.2, 0.25) is 0 Å². The normalized spacial score (nSPS) is 17.7. The zero-order chi connectivity index (χ0) is 17.6. The molecule has 0 saturated carbocycles. The number of rotatable bonds is 5. The number of nitrogens with one attached hydrogen (secondary N) is 1. The van der Waals surface area contributed by atoms with Crippen LogP contribution in [-0.2, 0) is 11.3 Å². The lowest BCUT2D eigenvalue weighted by Crippen LogP contribution is -2.45. The number of nitrogens with zero attached hydrogens (tertiary/aromatic N) is 4. The summed E-state index contributed by atoms with van der Waals surface area (Å²) in [6.07, 6.45) is 1.88. The summed E-state index contributed by atoms with van der Waals surface area (Å²) in [5.74, 6) is 0.571. The molecule has 1 unspecified atom stereocenters. The summed E-state index contributed by atoms with van der Waals surface area (Å²) < 4.78 is 7.42. The van der Waals surface area contributed by atoms with Crippen molar-refractivity contribution in [3.05, 3.63) is 48.2 Å². The summed E-state index contributed by atoms with van der Waals surface area (Å²) in [7, 11) is 4.04. The number of morpholine rings is 1. The monoisotopic (exact) mass is 343 g/mol. The third kappa shape index (κ3) is 4.58. The van der Waals surface area contributed by atoms with Gasteiger partial charge in [-0.2, -0.15) is 5.10 Å². The molecule has 1 N–H and O–H groups in total. The molecule has 7 heteroatoms. The second-order valence-electron chi connectivity index (χ2n) is 6.39. The maximum atomic E-state index is 12.7. The topological polar surface area (TPSA) is 62.6 Å². The second kappa shape index (κ2) is 8.13. The minimum absolute atomic E-state index is 0.0780. The van der Waals surface area contributed by atoms with Crippen LogP contribution in [0.4, 0.5) is 10.6 Å². The average Bonchev–Trinajstić information content (AvgIpc) is 3.08. The number of ether oxygens (including phenoxy) is 1. The van der Waals surface area contributed by atoms with Gasteiger partial charge in [-0.15, -0.1) is 0 Å². The lowest BCUT2D eigenvalue weighted by molar-refractivity contribution is 0.0147. The van der Waals surface area contributed by atoms with Crippen molar-refractivity contribution in [1.29, 1.82) is 0 Å². The molecule has 1 fully saturated rings. The quantitative estimate of drug-likeness (QED) is 0.903. The number of likely N-dealkylation sites (N-methyl/N-ethyl adjacent to an activating group) is 1. The SMILES string of the molecule is CN(C)CCn1ccc(NC(=O)N2CCOCC2c2ccccc2)n1. The van der Waals surface area contributed by atoms with Crippen molar-refractivity contribution in [3.8, 4) is 0 Å². The van der Waals surface area contributed by atoms with E-state index in [-0.39, 0.29) is 12.1 Å². The van der Waals surface area contributed by atoms with Crippen LogP contribution in [0.3, 0.4) is 0 Å². The first-order valence-electron chi connectivity index (χ1n) is 8.52. The number of carbonyl (C=O) groups excluding carboxylic acids is 1.